The Labute approximate surface area is 183 Å². The van der Waals surface area contributed by atoms with Crippen molar-refractivity contribution in [3.05, 3.63) is 63.2 Å². The maximum atomic E-state index is 13.3. The number of nitrogens with zero attached hydrogens (tertiary/aromatic N) is 5. The van der Waals surface area contributed by atoms with E-state index in [2.05, 4.69) is 25.5 Å². The average molecular weight is 465 g/mol. The van der Waals surface area contributed by atoms with E-state index in [0.717, 1.165) is 18.3 Å². The lowest BCUT2D eigenvalue weighted by atomic mass is 10.1. The molecule has 1 amide bonds. The van der Waals surface area contributed by atoms with Crippen LogP contribution in [0.4, 0.5) is 14.6 Å². The highest BCUT2D eigenvalue weighted by molar-refractivity contribution is 7.09. The summed E-state index contributed by atoms with van der Waals surface area (Å²) in [5.74, 6) is -2.79. The number of halogens is 3. The summed E-state index contributed by atoms with van der Waals surface area (Å²) in [5.41, 5.74) is 0.376. The van der Waals surface area contributed by atoms with Crippen molar-refractivity contribution in [1.29, 1.82) is 0 Å². The number of alkyl halides is 2. The summed E-state index contributed by atoms with van der Waals surface area (Å²) in [6, 6.07) is 6.86. The van der Waals surface area contributed by atoms with Gasteiger partial charge in [0.25, 0.3) is 11.8 Å². The molecule has 0 aliphatic carbocycles. The Balaban J connectivity index is 1.49. The Bertz CT molecular complexity index is 1250. The second kappa shape index (κ2) is 8.16. The van der Waals surface area contributed by atoms with Crippen molar-refractivity contribution >= 4 is 34.7 Å². The Morgan fingerprint density at radius 2 is 2.16 bits per heavy atom. The van der Waals surface area contributed by atoms with E-state index in [1.807, 2.05) is 0 Å². The molecule has 0 fully saturated rings. The summed E-state index contributed by atoms with van der Waals surface area (Å²) in [4.78, 5) is 22.1. The molecule has 0 spiro atoms. The van der Waals surface area contributed by atoms with Gasteiger partial charge in [-0.2, -0.15) is 18.7 Å². The van der Waals surface area contributed by atoms with Crippen LogP contribution in [0.2, 0.25) is 5.02 Å². The van der Waals surface area contributed by atoms with Gasteiger partial charge in [0.05, 0.1) is 6.20 Å². The zero-order chi connectivity index (χ0) is 22.2. The first kappa shape index (κ1) is 21.1. The van der Waals surface area contributed by atoms with Crippen LogP contribution in [0, 0.1) is 6.92 Å². The number of hydrogen-bond donors (Lipinski definition) is 1. The van der Waals surface area contributed by atoms with E-state index < -0.39 is 11.8 Å². The van der Waals surface area contributed by atoms with Gasteiger partial charge in [0.1, 0.15) is 17.2 Å². The van der Waals surface area contributed by atoms with Gasteiger partial charge in [-0.05, 0) is 12.1 Å². The second-order valence-corrected chi connectivity index (χ2v) is 8.03. The number of nitrogens with one attached hydrogen (secondary N) is 1. The fourth-order valence-corrected chi connectivity index (χ4v) is 3.76. The van der Waals surface area contributed by atoms with Crippen LogP contribution in [-0.2, 0) is 12.5 Å². The first-order valence-electron chi connectivity index (χ1n) is 8.96. The van der Waals surface area contributed by atoms with Gasteiger partial charge in [0, 0.05) is 29.8 Å². The molecule has 1 N–H and O–H groups in total. The highest BCUT2D eigenvalue weighted by Gasteiger charge is 2.27. The predicted octanol–water partition coefficient (Wildman–Crippen LogP) is 4.76. The first-order chi connectivity index (χ1) is 14.7. The molecular formula is C19H15ClF2N6O2S. The van der Waals surface area contributed by atoms with Crippen LogP contribution in [0.15, 0.2) is 40.3 Å². The molecule has 0 radical (unpaired) electrons. The van der Waals surface area contributed by atoms with E-state index in [9.17, 15) is 13.6 Å². The molecule has 0 bridgehead atoms. The topological polar surface area (TPSA) is 98.7 Å². The van der Waals surface area contributed by atoms with Gasteiger partial charge in [-0.25, -0.2) is 9.97 Å². The number of hydrogen-bond acceptors (Lipinski definition) is 7. The minimum Gasteiger partial charge on any atom is -0.440 e. The van der Waals surface area contributed by atoms with Gasteiger partial charge >= 0.3 is 0 Å². The van der Waals surface area contributed by atoms with Gasteiger partial charge in [-0.15, -0.1) is 16.4 Å². The minimum absolute atomic E-state index is 0.0732. The molecule has 4 aromatic rings. The van der Waals surface area contributed by atoms with Crippen LogP contribution in [0.5, 0.6) is 0 Å². The van der Waals surface area contributed by atoms with Crippen LogP contribution in [0.3, 0.4) is 0 Å². The average Bonchev–Trinajstić information content (AvgIpc) is 3.42. The molecule has 12 heteroatoms. The summed E-state index contributed by atoms with van der Waals surface area (Å²) in [6.07, 6.45) is 1.34. The van der Waals surface area contributed by atoms with E-state index in [1.54, 1.807) is 31.2 Å². The van der Waals surface area contributed by atoms with Gasteiger partial charge in [-0.3, -0.25) is 4.79 Å². The van der Waals surface area contributed by atoms with Crippen LogP contribution >= 0.6 is 22.9 Å². The number of anilines is 1. The predicted molar refractivity (Wildman–Crippen MR) is 110 cm³/mol. The lowest BCUT2D eigenvalue weighted by molar-refractivity contribution is 0.0132. The molecule has 31 heavy (non-hydrogen) atoms. The lowest BCUT2D eigenvalue weighted by Crippen LogP contribution is -2.14. The number of thiazole rings is 1. The van der Waals surface area contributed by atoms with E-state index in [1.165, 1.54) is 16.4 Å². The molecule has 0 aliphatic heterocycles. The number of aryl methyl sites for hydroxylation is 1. The summed E-state index contributed by atoms with van der Waals surface area (Å²) in [6.45, 7) is 2.51. The molecule has 0 atom stereocenters. The van der Waals surface area contributed by atoms with Crippen molar-refractivity contribution < 1.29 is 18.0 Å². The van der Waals surface area contributed by atoms with Gasteiger partial charge < -0.3 is 9.73 Å². The SMILES string of the molecule is Cc1nc(C(=O)Nc2cnn(Cc3nc(C(C)(F)F)cs3)n2)c(-c2cccc(Cl)c2)o1. The molecule has 0 saturated heterocycles. The highest BCUT2D eigenvalue weighted by Crippen LogP contribution is 2.29. The number of carbonyl (C=O) groups excluding carboxylic acids is 1. The fraction of sp³-hybridized carbons (Fsp3) is 0.211. The van der Waals surface area contributed by atoms with Crippen molar-refractivity contribution in [1.82, 2.24) is 25.0 Å². The van der Waals surface area contributed by atoms with E-state index >= 15 is 0 Å². The monoisotopic (exact) mass is 464 g/mol. The lowest BCUT2D eigenvalue weighted by Gasteiger charge is -2.04. The van der Waals surface area contributed by atoms with E-state index in [-0.39, 0.29) is 29.5 Å². The second-order valence-electron chi connectivity index (χ2n) is 6.65. The Hall–Kier alpha value is -3.18. The molecule has 8 nitrogen and oxygen atoms in total. The number of benzene rings is 1. The Morgan fingerprint density at radius 3 is 2.87 bits per heavy atom. The zero-order valence-corrected chi connectivity index (χ0v) is 17.8. The molecule has 0 saturated carbocycles. The third-order valence-corrected chi connectivity index (χ3v) is 5.16. The molecule has 3 heterocycles. The zero-order valence-electron chi connectivity index (χ0n) is 16.3. The minimum atomic E-state index is -3.01. The largest absolute Gasteiger partial charge is 0.440 e. The third kappa shape index (κ3) is 4.78. The summed E-state index contributed by atoms with van der Waals surface area (Å²) >= 11 is 7.11. The molecule has 1 aromatic carbocycles. The Morgan fingerprint density at radius 1 is 1.35 bits per heavy atom. The third-order valence-electron chi connectivity index (χ3n) is 4.09. The van der Waals surface area contributed by atoms with Crippen LogP contribution in [-0.4, -0.2) is 30.9 Å². The quantitative estimate of drug-likeness (QED) is 0.441. The van der Waals surface area contributed by atoms with Gasteiger partial charge in [0.15, 0.2) is 23.2 Å². The normalized spacial score (nSPS) is 11.6. The molecule has 3 aromatic heterocycles. The van der Waals surface area contributed by atoms with Crippen molar-refractivity contribution in [3.8, 4) is 11.3 Å². The van der Waals surface area contributed by atoms with Gasteiger partial charge in [0.2, 0.25) is 0 Å². The Kier molecular flexibility index (Phi) is 5.54. The standard InChI is InChI=1S/C19H15ClF2N6O2S/c1-10-24-16(17(30-10)11-4-3-5-12(20)6-11)18(29)26-14-7-23-28(27-14)8-15-25-13(9-31-15)19(2,21)22/h3-7,9H,8H2,1-2H3,(H,26,27,29). The number of amides is 1. The fourth-order valence-electron chi connectivity index (χ4n) is 2.72. The number of aromatic nitrogens is 5. The van der Waals surface area contributed by atoms with Crippen molar-refractivity contribution in [2.24, 2.45) is 0 Å². The van der Waals surface area contributed by atoms with Crippen molar-refractivity contribution in [3.63, 3.8) is 0 Å². The summed E-state index contributed by atoms with van der Waals surface area (Å²) < 4.78 is 32.3. The summed E-state index contributed by atoms with van der Waals surface area (Å²) in [5, 5.41) is 13.0. The van der Waals surface area contributed by atoms with Crippen molar-refractivity contribution in [2.45, 2.75) is 26.3 Å². The smallest absolute Gasteiger partial charge is 0.287 e. The summed E-state index contributed by atoms with van der Waals surface area (Å²) in [7, 11) is 0. The molecule has 160 valence electrons. The highest BCUT2D eigenvalue weighted by atomic mass is 35.5. The van der Waals surface area contributed by atoms with Gasteiger partial charge in [-0.1, -0.05) is 23.7 Å². The number of rotatable bonds is 6. The maximum Gasteiger partial charge on any atom is 0.287 e. The maximum absolute atomic E-state index is 13.3. The van der Waals surface area contributed by atoms with Crippen LogP contribution < -0.4 is 5.32 Å². The van der Waals surface area contributed by atoms with E-state index in [0.29, 0.717) is 21.5 Å². The van der Waals surface area contributed by atoms with E-state index in [4.69, 9.17) is 16.0 Å². The molecular weight excluding hydrogens is 450 g/mol. The van der Waals surface area contributed by atoms with Crippen LogP contribution in [0.1, 0.15) is 34.0 Å². The first-order valence-corrected chi connectivity index (χ1v) is 10.2. The molecule has 0 unspecified atom stereocenters. The number of oxazole rings is 1. The molecule has 0 aliphatic rings. The molecule has 4 rings (SSSR count). The van der Waals surface area contributed by atoms with Crippen molar-refractivity contribution in [2.75, 3.05) is 5.32 Å². The van der Waals surface area contributed by atoms with Crippen LogP contribution in [0.25, 0.3) is 11.3 Å². The number of carbonyl (C=O) groups is 1.